The molecule has 0 aliphatic carbocycles. The Morgan fingerprint density at radius 3 is 2.25 bits per heavy atom. The zero-order valence-electron chi connectivity index (χ0n) is 12.9. The summed E-state index contributed by atoms with van der Waals surface area (Å²) in [5.74, 6) is 0.170. The number of benzene rings is 2. The average Bonchev–Trinajstić information content (AvgIpc) is 2.61. The second-order valence-corrected chi connectivity index (χ2v) is 5.93. The van der Waals surface area contributed by atoms with Crippen molar-refractivity contribution in [2.24, 2.45) is 0 Å². The molecule has 3 rings (SSSR count). The lowest BCUT2D eigenvalue weighted by Crippen LogP contribution is -2.60. The lowest BCUT2D eigenvalue weighted by Gasteiger charge is -2.40. The molecule has 2 aromatic carbocycles. The number of rotatable bonds is 4. The van der Waals surface area contributed by atoms with Gasteiger partial charge in [-0.15, -0.1) is 0 Å². The second-order valence-electron chi connectivity index (χ2n) is 5.93. The fraction of sp³-hybridized carbons (Fsp3) is 0.412. The van der Waals surface area contributed by atoms with E-state index >= 15 is 0 Å². The number of aromatic hydroxyl groups is 1. The van der Waals surface area contributed by atoms with Crippen LogP contribution in [-0.4, -0.2) is 69.2 Å². The van der Waals surface area contributed by atoms with E-state index in [1.54, 1.807) is 18.2 Å². The summed E-state index contributed by atoms with van der Waals surface area (Å²) in [7, 11) is 0. The Bertz CT molecular complexity index is 707. The lowest BCUT2D eigenvalue weighted by molar-refractivity contribution is -0.225. The van der Waals surface area contributed by atoms with E-state index < -0.39 is 37.1 Å². The van der Waals surface area contributed by atoms with E-state index in [0.717, 1.165) is 11.1 Å². The van der Waals surface area contributed by atoms with E-state index in [2.05, 4.69) is 5.32 Å². The average molecular weight is 335 g/mol. The molecule has 0 saturated carbocycles. The maximum atomic E-state index is 10.1. The topological polar surface area (TPSA) is 122 Å². The Balaban J connectivity index is 1.77. The molecule has 1 aliphatic heterocycles. The summed E-state index contributed by atoms with van der Waals surface area (Å²) in [4.78, 5) is 0. The van der Waals surface area contributed by atoms with Crippen LogP contribution in [0.1, 0.15) is 0 Å². The zero-order valence-corrected chi connectivity index (χ0v) is 12.9. The molecule has 5 atom stereocenters. The van der Waals surface area contributed by atoms with Crippen LogP contribution < -0.4 is 5.32 Å². The molecule has 1 saturated heterocycles. The smallest absolute Gasteiger partial charge is 0.123 e. The third-order valence-corrected chi connectivity index (χ3v) is 4.39. The van der Waals surface area contributed by atoms with Crippen LogP contribution in [0.2, 0.25) is 0 Å². The molecule has 0 spiro atoms. The van der Waals surface area contributed by atoms with E-state index in [1.807, 2.05) is 18.2 Å². The first-order valence-electron chi connectivity index (χ1n) is 7.78. The number of nitrogens with one attached hydrogen (secondary N) is 1. The third-order valence-electron chi connectivity index (χ3n) is 4.39. The minimum atomic E-state index is -1.39. The monoisotopic (exact) mass is 335 g/mol. The number of phenolic OH excluding ortho intramolecular Hbond substituents is 1. The van der Waals surface area contributed by atoms with Gasteiger partial charge in [0.1, 0.15) is 36.3 Å². The molecule has 0 radical (unpaired) electrons. The quantitative estimate of drug-likeness (QED) is 0.428. The molecule has 7 heteroatoms. The van der Waals surface area contributed by atoms with Crippen LogP contribution in [0.25, 0.3) is 10.8 Å². The first-order valence-corrected chi connectivity index (χ1v) is 7.78. The highest BCUT2D eigenvalue weighted by Crippen LogP contribution is 2.31. The molecule has 7 nitrogen and oxygen atoms in total. The van der Waals surface area contributed by atoms with Crippen LogP contribution in [0.4, 0.5) is 5.69 Å². The SMILES string of the molecule is OC[C@H]1O[C@H](CNc2ccc(O)c3ccccc23)[C@H](O)[C@@H](O)[C@H]1O. The molecule has 0 bridgehead atoms. The maximum absolute atomic E-state index is 10.1. The minimum Gasteiger partial charge on any atom is -0.507 e. The molecule has 0 unspecified atom stereocenters. The first kappa shape index (κ1) is 16.9. The van der Waals surface area contributed by atoms with Gasteiger partial charge in [-0.1, -0.05) is 24.3 Å². The van der Waals surface area contributed by atoms with Gasteiger partial charge in [-0.2, -0.15) is 0 Å². The Morgan fingerprint density at radius 2 is 1.54 bits per heavy atom. The number of phenols is 1. The van der Waals surface area contributed by atoms with E-state index in [0.29, 0.717) is 5.39 Å². The highest BCUT2D eigenvalue weighted by Gasteiger charge is 2.43. The van der Waals surface area contributed by atoms with Crippen molar-refractivity contribution in [2.75, 3.05) is 18.5 Å². The Kier molecular flexibility index (Phi) is 4.88. The molecule has 6 N–H and O–H groups in total. The number of hydrogen-bond donors (Lipinski definition) is 6. The summed E-state index contributed by atoms with van der Waals surface area (Å²) in [6.45, 7) is -0.292. The van der Waals surface area contributed by atoms with Gasteiger partial charge in [-0.05, 0) is 12.1 Å². The van der Waals surface area contributed by atoms with Gasteiger partial charge >= 0.3 is 0 Å². The van der Waals surface area contributed by atoms with Crippen molar-refractivity contribution >= 4 is 16.5 Å². The fourth-order valence-corrected chi connectivity index (χ4v) is 3.00. The predicted molar refractivity (Wildman–Crippen MR) is 87.9 cm³/mol. The molecular weight excluding hydrogens is 314 g/mol. The Labute approximate surface area is 138 Å². The van der Waals surface area contributed by atoms with Crippen LogP contribution in [0.15, 0.2) is 36.4 Å². The molecule has 1 fully saturated rings. The largest absolute Gasteiger partial charge is 0.507 e. The summed E-state index contributed by atoms with van der Waals surface area (Å²) in [5.41, 5.74) is 0.736. The summed E-state index contributed by atoms with van der Waals surface area (Å²) < 4.78 is 5.47. The number of aliphatic hydroxyl groups is 4. The zero-order chi connectivity index (χ0) is 17.3. The van der Waals surface area contributed by atoms with Crippen molar-refractivity contribution < 1.29 is 30.3 Å². The van der Waals surface area contributed by atoms with Crippen LogP contribution in [-0.2, 0) is 4.74 Å². The van der Waals surface area contributed by atoms with E-state index in [4.69, 9.17) is 4.74 Å². The molecule has 1 aliphatic rings. The van der Waals surface area contributed by atoms with Gasteiger partial charge in [0.05, 0.1) is 6.61 Å². The van der Waals surface area contributed by atoms with Gasteiger partial charge in [0.15, 0.2) is 0 Å². The Hall–Kier alpha value is -1.90. The number of hydrogen-bond acceptors (Lipinski definition) is 7. The maximum Gasteiger partial charge on any atom is 0.123 e. The van der Waals surface area contributed by atoms with E-state index in [-0.39, 0.29) is 12.3 Å². The van der Waals surface area contributed by atoms with Gasteiger partial charge in [-0.3, -0.25) is 0 Å². The normalized spacial score (nSPS) is 30.4. The van der Waals surface area contributed by atoms with E-state index in [9.17, 15) is 25.5 Å². The summed E-state index contributed by atoms with van der Waals surface area (Å²) >= 11 is 0. The highest BCUT2D eigenvalue weighted by molar-refractivity contribution is 5.97. The molecular formula is C17H21NO6. The summed E-state index contributed by atoms with van der Waals surface area (Å²) in [6, 6.07) is 10.6. The van der Waals surface area contributed by atoms with Crippen molar-refractivity contribution in [3.05, 3.63) is 36.4 Å². The number of ether oxygens (including phenoxy) is 1. The number of anilines is 1. The lowest BCUT2D eigenvalue weighted by atomic mass is 9.95. The first-order chi connectivity index (χ1) is 11.5. The van der Waals surface area contributed by atoms with Crippen molar-refractivity contribution in [3.8, 4) is 5.75 Å². The molecule has 0 amide bonds. The molecule has 24 heavy (non-hydrogen) atoms. The van der Waals surface area contributed by atoms with Crippen molar-refractivity contribution in [2.45, 2.75) is 30.5 Å². The number of fused-ring (bicyclic) bond motifs is 1. The standard InChI is InChI=1S/C17H21NO6/c19-8-14-16(22)17(23)15(21)13(24-14)7-18-11-5-6-12(20)10-4-2-1-3-9(10)11/h1-6,13-23H,7-8H2/t13-,14-,15+,16+,17-/m1/s1. The summed E-state index contributed by atoms with van der Waals surface area (Å²) in [5, 5.41) is 53.4. The predicted octanol–water partition coefficient (Wildman–Crippen LogP) is -0.200. The van der Waals surface area contributed by atoms with Crippen molar-refractivity contribution in [1.82, 2.24) is 0 Å². The minimum absolute atomic E-state index is 0.163. The molecule has 130 valence electrons. The van der Waals surface area contributed by atoms with Gasteiger partial charge in [-0.25, -0.2) is 0 Å². The van der Waals surface area contributed by atoms with Crippen LogP contribution in [0, 0.1) is 0 Å². The second kappa shape index (κ2) is 6.92. The van der Waals surface area contributed by atoms with Crippen LogP contribution >= 0.6 is 0 Å². The molecule has 2 aromatic rings. The van der Waals surface area contributed by atoms with Gasteiger partial charge in [0, 0.05) is 23.0 Å². The van der Waals surface area contributed by atoms with Crippen molar-refractivity contribution in [1.29, 1.82) is 0 Å². The summed E-state index contributed by atoms with van der Waals surface area (Å²) in [6.07, 6.45) is -5.76. The van der Waals surface area contributed by atoms with Crippen LogP contribution in [0.3, 0.4) is 0 Å². The van der Waals surface area contributed by atoms with Crippen molar-refractivity contribution in [3.63, 3.8) is 0 Å². The fourth-order valence-electron chi connectivity index (χ4n) is 3.00. The molecule has 1 heterocycles. The van der Waals surface area contributed by atoms with E-state index in [1.165, 1.54) is 0 Å². The van der Waals surface area contributed by atoms with Gasteiger partial charge in [0.25, 0.3) is 0 Å². The third kappa shape index (κ3) is 3.04. The Morgan fingerprint density at radius 1 is 0.875 bits per heavy atom. The van der Waals surface area contributed by atoms with Gasteiger partial charge in [0.2, 0.25) is 0 Å². The highest BCUT2D eigenvalue weighted by atomic mass is 16.5. The number of aliphatic hydroxyl groups excluding tert-OH is 4. The van der Waals surface area contributed by atoms with Gasteiger partial charge < -0.3 is 35.6 Å². The molecule has 0 aromatic heterocycles. The van der Waals surface area contributed by atoms with Crippen LogP contribution in [0.5, 0.6) is 5.75 Å².